The summed E-state index contributed by atoms with van der Waals surface area (Å²) in [6.07, 6.45) is 2.69. The zero-order chi connectivity index (χ0) is 16.4. The van der Waals surface area contributed by atoms with Gasteiger partial charge < -0.3 is 14.7 Å². The Morgan fingerprint density at radius 2 is 2.09 bits per heavy atom. The summed E-state index contributed by atoms with van der Waals surface area (Å²) in [4.78, 5) is 17.4. The molecule has 0 spiro atoms. The van der Waals surface area contributed by atoms with Crippen LogP contribution in [-0.2, 0) is 9.53 Å². The average Bonchev–Trinajstić information content (AvgIpc) is 3.06. The van der Waals surface area contributed by atoms with Crippen LogP contribution in [0.5, 0.6) is 0 Å². The minimum absolute atomic E-state index is 0.0473. The van der Waals surface area contributed by atoms with Gasteiger partial charge in [-0.3, -0.25) is 0 Å². The maximum atomic E-state index is 11.0. The lowest BCUT2D eigenvalue weighted by Crippen LogP contribution is -2.38. The van der Waals surface area contributed by atoms with Crippen molar-refractivity contribution in [2.75, 3.05) is 18.0 Å². The first-order valence-corrected chi connectivity index (χ1v) is 8.16. The number of aliphatic carboxylic acids is 1. The SMILES string of the molecule is N#Cc1nc(N2CCC([C@@H]3CC[C@H](C(=O)O)O3)CC2)ccc1Cl. The van der Waals surface area contributed by atoms with Crippen LogP contribution in [0.3, 0.4) is 0 Å². The van der Waals surface area contributed by atoms with Crippen molar-refractivity contribution in [2.24, 2.45) is 5.92 Å². The first-order chi connectivity index (χ1) is 11.1. The molecular formula is C16H18ClN3O3. The van der Waals surface area contributed by atoms with Crippen molar-refractivity contribution in [1.82, 2.24) is 4.98 Å². The molecule has 0 aliphatic carbocycles. The molecule has 1 aromatic heterocycles. The van der Waals surface area contributed by atoms with Crippen molar-refractivity contribution in [3.05, 3.63) is 22.8 Å². The summed E-state index contributed by atoms with van der Waals surface area (Å²) in [7, 11) is 0. The highest BCUT2D eigenvalue weighted by molar-refractivity contribution is 6.31. The number of pyridine rings is 1. The first-order valence-electron chi connectivity index (χ1n) is 7.78. The molecule has 0 unspecified atom stereocenters. The number of rotatable bonds is 3. The van der Waals surface area contributed by atoms with Crippen molar-refractivity contribution in [2.45, 2.75) is 37.9 Å². The molecule has 122 valence electrons. The fourth-order valence-corrected chi connectivity index (χ4v) is 3.53. The van der Waals surface area contributed by atoms with Crippen LogP contribution in [0.2, 0.25) is 5.02 Å². The number of ether oxygens (including phenoxy) is 1. The quantitative estimate of drug-likeness (QED) is 0.913. The molecular weight excluding hydrogens is 318 g/mol. The van der Waals surface area contributed by atoms with Gasteiger partial charge in [-0.05, 0) is 43.7 Å². The summed E-state index contributed by atoms with van der Waals surface area (Å²) < 4.78 is 5.66. The van der Waals surface area contributed by atoms with Gasteiger partial charge in [0.2, 0.25) is 0 Å². The summed E-state index contributed by atoms with van der Waals surface area (Å²) in [5, 5.41) is 18.4. The number of aromatic nitrogens is 1. The minimum Gasteiger partial charge on any atom is -0.479 e. The Bertz CT molecular complexity index is 638. The molecule has 3 heterocycles. The average molecular weight is 336 g/mol. The van der Waals surface area contributed by atoms with Crippen LogP contribution in [0, 0.1) is 17.2 Å². The summed E-state index contributed by atoms with van der Waals surface area (Å²) in [5.74, 6) is 0.290. The molecule has 0 radical (unpaired) electrons. The molecule has 2 fully saturated rings. The number of nitriles is 1. The Hall–Kier alpha value is -1.84. The lowest BCUT2D eigenvalue weighted by atomic mass is 9.90. The number of halogens is 1. The number of anilines is 1. The van der Waals surface area contributed by atoms with Gasteiger partial charge in [-0.15, -0.1) is 0 Å². The molecule has 0 saturated carbocycles. The van der Waals surface area contributed by atoms with Crippen LogP contribution < -0.4 is 4.90 Å². The van der Waals surface area contributed by atoms with Crippen molar-refractivity contribution < 1.29 is 14.6 Å². The molecule has 7 heteroatoms. The normalized spacial score (nSPS) is 25.3. The van der Waals surface area contributed by atoms with Gasteiger partial charge in [0, 0.05) is 13.1 Å². The van der Waals surface area contributed by atoms with Crippen LogP contribution in [0.4, 0.5) is 5.82 Å². The van der Waals surface area contributed by atoms with Crippen LogP contribution in [0.1, 0.15) is 31.4 Å². The van der Waals surface area contributed by atoms with Gasteiger partial charge in [-0.25, -0.2) is 9.78 Å². The van der Waals surface area contributed by atoms with E-state index in [1.54, 1.807) is 6.07 Å². The second-order valence-electron chi connectivity index (χ2n) is 6.01. The van der Waals surface area contributed by atoms with Crippen molar-refractivity contribution >= 4 is 23.4 Å². The molecule has 0 aromatic carbocycles. The van der Waals surface area contributed by atoms with E-state index in [9.17, 15) is 4.79 Å². The molecule has 2 aliphatic heterocycles. The van der Waals surface area contributed by atoms with Gasteiger partial charge in [0.05, 0.1) is 11.1 Å². The van der Waals surface area contributed by atoms with Crippen LogP contribution in [0.15, 0.2) is 12.1 Å². The van der Waals surface area contributed by atoms with E-state index in [1.165, 1.54) is 0 Å². The van der Waals surface area contributed by atoms with E-state index in [0.717, 1.165) is 38.2 Å². The fourth-order valence-electron chi connectivity index (χ4n) is 3.38. The second kappa shape index (κ2) is 6.73. The summed E-state index contributed by atoms with van der Waals surface area (Å²) in [6, 6.07) is 5.53. The molecule has 1 aromatic rings. The Morgan fingerprint density at radius 3 is 2.70 bits per heavy atom. The Morgan fingerprint density at radius 1 is 1.35 bits per heavy atom. The molecule has 3 rings (SSSR count). The molecule has 2 atom stereocenters. The van der Waals surface area contributed by atoms with Gasteiger partial charge in [0.15, 0.2) is 11.8 Å². The first kappa shape index (κ1) is 16.0. The molecule has 1 N–H and O–H groups in total. The van der Waals surface area contributed by atoms with E-state index in [4.69, 9.17) is 26.7 Å². The summed E-state index contributed by atoms with van der Waals surface area (Å²) in [5.41, 5.74) is 0.245. The number of carboxylic acid groups (broad SMARTS) is 1. The van der Waals surface area contributed by atoms with Gasteiger partial charge in [-0.2, -0.15) is 5.26 Å². The highest BCUT2D eigenvalue weighted by Crippen LogP contribution is 2.33. The van der Waals surface area contributed by atoms with Crippen LogP contribution in [-0.4, -0.2) is 41.4 Å². The number of nitrogens with zero attached hydrogens (tertiary/aromatic N) is 3. The number of piperidine rings is 1. The van der Waals surface area contributed by atoms with E-state index in [-0.39, 0.29) is 11.8 Å². The van der Waals surface area contributed by atoms with Gasteiger partial charge in [-0.1, -0.05) is 11.6 Å². The Labute approximate surface area is 139 Å². The van der Waals surface area contributed by atoms with E-state index < -0.39 is 12.1 Å². The maximum Gasteiger partial charge on any atom is 0.332 e. The molecule has 23 heavy (non-hydrogen) atoms. The molecule has 2 saturated heterocycles. The second-order valence-corrected chi connectivity index (χ2v) is 6.42. The molecule has 0 bridgehead atoms. The molecule has 0 amide bonds. The van der Waals surface area contributed by atoms with E-state index in [1.807, 2.05) is 12.1 Å². The van der Waals surface area contributed by atoms with Crippen molar-refractivity contribution in [3.8, 4) is 6.07 Å². The van der Waals surface area contributed by atoms with E-state index >= 15 is 0 Å². The van der Waals surface area contributed by atoms with Gasteiger partial charge in [0.1, 0.15) is 11.9 Å². The lowest BCUT2D eigenvalue weighted by molar-refractivity contribution is -0.150. The topological polar surface area (TPSA) is 86.5 Å². The van der Waals surface area contributed by atoms with Gasteiger partial charge in [0.25, 0.3) is 0 Å². The lowest BCUT2D eigenvalue weighted by Gasteiger charge is -2.35. The highest BCUT2D eigenvalue weighted by Gasteiger charge is 2.36. The Balaban J connectivity index is 1.59. The Kier molecular flexibility index (Phi) is 4.69. The molecule has 2 aliphatic rings. The fraction of sp³-hybridized carbons (Fsp3) is 0.562. The van der Waals surface area contributed by atoms with Crippen LogP contribution in [0.25, 0.3) is 0 Å². The monoisotopic (exact) mass is 335 g/mol. The summed E-state index contributed by atoms with van der Waals surface area (Å²) in [6.45, 7) is 1.64. The van der Waals surface area contributed by atoms with Gasteiger partial charge >= 0.3 is 5.97 Å². The third kappa shape index (κ3) is 3.41. The van der Waals surface area contributed by atoms with Crippen LogP contribution >= 0.6 is 11.6 Å². The largest absolute Gasteiger partial charge is 0.479 e. The van der Waals surface area contributed by atoms with Crippen molar-refractivity contribution in [3.63, 3.8) is 0 Å². The highest BCUT2D eigenvalue weighted by atomic mass is 35.5. The third-order valence-corrected chi connectivity index (χ3v) is 4.96. The predicted molar refractivity (Wildman–Crippen MR) is 84.4 cm³/mol. The number of carboxylic acids is 1. The number of carbonyl (C=O) groups is 1. The zero-order valence-corrected chi connectivity index (χ0v) is 13.4. The number of hydrogen-bond donors (Lipinski definition) is 1. The maximum absolute atomic E-state index is 11.0. The predicted octanol–water partition coefficient (Wildman–Crippen LogP) is 2.46. The van der Waals surface area contributed by atoms with Crippen molar-refractivity contribution in [1.29, 1.82) is 5.26 Å². The molecule has 6 nitrogen and oxygen atoms in total. The number of hydrogen-bond acceptors (Lipinski definition) is 5. The zero-order valence-electron chi connectivity index (χ0n) is 12.6. The minimum atomic E-state index is -0.862. The third-order valence-electron chi connectivity index (χ3n) is 4.65. The standard InChI is InChI=1S/C16H18ClN3O3/c17-11-1-4-15(19-12(11)9-18)20-7-5-10(6-8-20)13-2-3-14(23-13)16(21)22/h1,4,10,13-14H,2-3,5-8H2,(H,21,22)/t13-,14+/m0/s1. The summed E-state index contributed by atoms with van der Waals surface area (Å²) >= 11 is 5.92. The van der Waals surface area contributed by atoms with E-state index in [2.05, 4.69) is 9.88 Å². The smallest absolute Gasteiger partial charge is 0.332 e. The van der Waals surface area contributed by atoms with E-state index in [0.29, 0.717) is 17.4 Å².